The maximum absolute atomic E-state index is 13.2. The minimum absolute atomic E-state index is 0.00208. The fourth-order valence-electron chi connectivity index (χ4n) is 4.00. The average molecular weight is 471 g/mol. The normalized spacial score (nSPS) is 13.1. The zero-order valence-electron chi connectivity index (χ0n) is 19.0. The van der Waals surface area contributed by atoms with Crippen LogP contribution in [0.25, 0.3) is 22.2 Å². The highest BCUT2D eigenvalue weighted by Crippen LogP contribution is 2.40. The first-order chi connectivity index (χ1) is 16.6. The highest BCUT2D eigenvalue weighted by Gasteiger charge is 2.27. The van der Waals surface area contributed by atoms with Crippen molar-refractivity contribution in [3.8, 4) is 11.3 Å². The Morgan fingerprint density at radius 1 is 1.06 bits per heavy atom. The monoisotopic (exact) mass is 470 g/mol. The van der Waals surface area contributed by atoms with Crippen LogP contribution in [-0.4, -0.2) is 28.3 Å². The predicted molar refractivity (Wildman–Crippen MR) is 136 cm³/mol. The van der Waals surface area contributed by atoms with E-state index in [1.807, 2.05) is 47.8 Å². The summed E-state index contributed by atoms with van der Waals surface area (Å²) in [6, 6.07) is 18.0. The Labute approximate surface area is 202 Å². The van der Waals surface area contributed by atoms with Crippen molar-refractivity contribution in [1.29, 1.82) is 0 Å². The maximum Gasteiger partial charge on any atom is 0.258 e. The third-order valence-corrected chi connectivity index (χ3v) is 6.72. The van der Waals surface area contributed by atoms with Crippen molar-refractivity contribution < 1.29 is 9.59 Å². The number of nitrogens with one attached hydrogen (secondary N) is 2. The Hall–Kier alpha value is -3.58. The molecule has 1 aliphatic rings. The number of thiazole rings is 1. The van der Waals surface area contributed by atoms with E-state index in [9.17, 15) is 9.59 Å². The van der Waals surface area contributed by atoms with E-state index in [1.54, 1.807) is 0 Å². The van der Waals surface area contributed by atoms with Crippen molar-refractivity contribution in [2.45, 2.75) is 38.5 Å². The number of pyridine rings is 1. The van der Waals surface area contributed by atoms with Crippen molar-refractivity contribution in [2.75, 3.05) is 11.9 Å². The summed E-state index contributed by atoms with van der Waals surface area (Å²) in [4.78, 5) is 33.5. The van der Waals surface area contributed by atoms with Crippen LogP contribution in [0.3, 0.4) is 0 Å². The molecule has 2 heterocycles. The van der Waals surface area contributed by atoms with Crippen molar-refractivity contribution in [2.24, 2.45) is 0 Å². The van der Waals surface area contributed by atoms with Gasteiger partial charge in [0.15, 0.2) is 5.13 Å². The molecule has 0 radical (unpaired) electrons. The molecule has 0 atom stereocenters. The summed E-state index contributed by atoms with van der Waals surface area (Å²) in [5.41, 5.74) is 5.56. The number of carbonyl (C=O) groups is 2. The van der Waals surface area contributed by atoms with Crippen LogP contribution in [-0.2, 0) is 11.2 Å². The number of carbonyl (C=O) groups excluding carboxylic acids is 2. The van der Waals surface area contributed by atoms with Crippen molar-refractivity contribution >= 4 is 39.2 Å². The van der Waals surface area contributed by atoms with Gasteiger partial charge < -0.3 is 5.32 Å². The van der Waals surface area contributed by atoms with Crippen LogP contribution in [0, 0.1) is 0 Å². The fourth-order valence-corrected chi connectivity index (χ4v) is 4.71. The first-order valence-electron chi connectivity index (χ1n) is 11.6. The van der Waals surface area contributed by atoms with Crippen LogP contribution < -0.4 is 10.6 Å². The molecule has 2 aromatic heterocycles. The molecule has 0 aliphatic heterocycles. The first-order valence-corrected chi connectivity index (χ1v) is 12.4. The average Bonchev–Trinajstić information content (AvgIpc) is 3.60. The summed E-state index contributed by atoms with van der Waals surface area (Å²) in [5.74, 6) is 0.314. The molecule has 7 heteroatoms. The number of amides is 2. The minimum atomic E-state index is -0.157. The van der Waals surface area contributed by atoms with E-state index in [1.165, 1.54) is 23.8 Å². The van der Waals surface area contributed by atoms with Crippen LogP contribution in [0.1, 0.15) is 53.7 Å². The molecule has 6 nitrogen and oxygen atoms in total. The number of para-hydroxylation sites is 1. The van der Waals surface area contributed by atoms with E-state index in [0.29, 0.717) is 23.2 Å². The topological polar surface area (TPSA) is 84.0 Å². The lowest BCUT2D eigenvalue weighted by atomic mass is 10.1. The van der Waals surface area contributed by atoms with Gasteiger partial charge in [-0.2, -0.15) is 0 Å². The Balaban J connectivity index is 1.28. The molecule has 2 aromatic carbocycles. The molecule has 1 saturated carbocycles. The van der Waals surface area contributed by atoms with Gasteiger partial charge in [-0.25, -0.2) is 4.98 Å². The van der Waals surface area contributed by atoms with Gasteiger partial charge in [0.25, 0.3) is 5.91 Å². The quantitative estimate of drug-likeness (QED) is 0.330. The molecular weight excluding hydrogens is 444 g/mol. The van der Waals surface area contributed by atoms with E-state index < -0.39 is 0 Å². The van der Waals surface area contributed by atoms with Crippen molar-refractivity contribution in [3.05, 3.63) is 76.8 Å². The third kappa shape index (κ3) is 5.15. The number of rotatable bonds is 8. The number of hydrogen-bond acceptors (Lipinski definition) is 5. The summed E-state index contributed by atoms with van der Waals surface area (Å²) in [7, 11) is 0. The molecule has 0 unspecified atom stereocenters. The standard InChI is InChI=1S/C27H26N4O2S/c1-17(32)28-14-4-5-18-8-10-20(11-9-18)25-16-34-27(30-25)31-26(33)22-15-24(19-12-13-19)29-23-7-3-2-6-21(22)23/h2-3,6-11,15-16,19H,4-5,12-14H2,1H3,(H,28,32)(H,30,31,33). The van der Waals surface area contributed by atoms with Gasteiger partial charge in [0.2, 0.25) is 5.91 Å². The van der Waals surface area contributed by atoms with Crippen LogP contribution in [0.4, 0.5) is 5.13 Å². The van der Waals surface area contributed by atoms with E-state index >= 15 is 0 Å². The molecule has 0 spiro atoms. The van der Waals surface area contributed by atoms with Gasteiger partial charge in [0.05, 0.1) is 16.8 Å². The fraction of sp³-hybridized carbons (Fsp3) is 0.259. The number of fused-ring (bicyclic) bond motifs is 1. The molecule has 34 heavy (non-hydrogen) atoms. The molecule has 0 saturated heterocycles. The Morgan fingerprint density at radius 3 is 2.62 bits per heavy atom. The molecule has 0 bridgehead atoms. The number of hydrogen-bond donors (Lipinski definition) is 2. The summed E-state index contributed by atoms with van der Waals surface area (Å²) in [5, 5.41) is 9.20. The highest BCUT2D eigenvalue weighted by molar-refractivity contribution is 7.14. The maximum atomic E-state index is 13.2. The summed E-state index contributed by atoms with van der Waals surface area (Å²) < 4.78 is 0. The number of benzene rings is 2. The van der Waals surface area contributed by atoms with Gasteiger partial charge in [0.1, 0.15) is 0 Å². The van der Waals surface area contributed by atoms with Gasteiger partial charge >= 0.3 is 0 Å². The number of anilines is 1. The van der Waals surface area contributed by atoms with E-state index in [-0.39, 0.29) is 11.8 Å². The molecule has 2 amide bonds. The highest BCUT2D eigenvalue weighted by atomic mass is 32.1. The first kappa shape index (κ1) is 22.2. The smallest absolute Gasteiger partial charge is 0.258 e. The number of nitrogens with zero attached hydrogens (tertiary/aromatic N) is 2. The zero-order chi connectivity index (χ0) is 23.5. The third-order valence-electron chi connectivity index (χ3n) is 5.97. The zero-order valence-corrected chi connectivity index (χ0v) is 19.8. The van der Waals surface area contributed by atoms with E-state index in [2.05, 4.69) is 27.8 Å². The molecular formula is C27H26N4O2S. The SMILES string of the molecule is CC(=O)NCCCc1ccc(-c2csc(NC(=O)c3cc(C4CC4)nc4ccccc34)n2)cc1. The number of aryl methyl sites for hydroxylation is 1. The molecule has 4 aromatic rings. The Bertz CT molecular complexity index is 1340. The second kappa shape index (κ2) is 9.73. The summed E-state index contributed by atoms with van der Waals surface area (Å²) in [6.07, 6.45) is 4.08. The predicted octanol–water partition coefficient (Wildman–Crippen LogP) is 5.56. The Kier molecular flexibility index (Phi) is 6.36. The summed E-state index contributed by atoms with van der Waals surface area (Å²) >= 11 is 1.42. The second-order valence-electron chi connectivity index (χ2n) is 8.66. The van der Waals surface area contributed by atoms with Gasteiger partial charge in [-0.3, -0.25) is 19.9 Å². The lowest BCUT2D eigenvalue weighted by molar-refractivity contribution is -0.118. The van der Waals surface area contributed by atoms with E-state index in [4.69, 9.17) is 4.98 Å². The van der Waals surface area contributed by atoms with Crippen molar-refractivity contribution in [3.63, 3.8) is 0 Å². The second-order valence-corrected chi connectivity index (χ2v) is 9.52. The van der Waals surface area contributed by atoms with Gasteiger partial charge in [-0.1, -0.05) is 42.5 Å². The number of aromatic nitrogens is 2. The lowest BCUT2D eigenvalue weighted by Crippen LogP contribution is -2.21. The summed E-state index contributed by atoms with van der Waals surface area (Å²) in [6.45, 7) is 2.21. The molecule has 172 valence electrons. The molecule has 1 aliphatic carbocycles. The van der Waals surface area contributed by atoms with E-state index in [0.717, 1.165) is 53.5 Å². The van der Waals surface area contributed by atoms with Gasteiger partial charge in [0, 0.05) is 41.4 Å². The lowest BCUT2D eigenvalue weighted by Gasteiger charge is -2.09. The largest absolute Gasteiger partial charge is 0.356 e. The molecule has 5 rings (SSSR count). The van der Waals surface area contributed by atoms with Gasteiger partial charge in [-0.15, -0.1) is 11.3 Å². The minimum Gasteiger partial charge on any atom is -0.356 e. The molecule has 1 fully saturated rings. The van der Waals surface area contributed by atoms with Crippen LogP contribution in [0.2, 0.25) is 0 Å². The van der Waals surface area contributed by atoms with Gasteiger partial charge in [-0.05, 0) is 43.4 Å². The Morgan fingerprint density at radius 2 is 1.85 bits per heavy atom. The van der Waals surface area contributed by atoms with Crippen LogP contribution in [0.5, 0.6) is 0 Å². The van der Waals surface area contributed by atoms with Crippen molar-refractivity contribution in [1.82, 2.24) is 15.3 Å². The van der Waals surface area contributed by atoms with Crippen LogP contribution >= 0.6 is 11.3 Å². The molecule has 2 N–H and O–H groups in total. The van der Waals surface area contributed by atoms with Crippen LogP contribution in [0.15, 0.2) is 60.0 Å².